The Bertz CT molecular complexity index is 574. The normalized spacial score (nSPS) is 17.1. The number of hydrogen-bond donors (Lipinski definition) is 2. The predicted octanol–water partition coefficient (Wildman–Crippen LogP) is 2.25. The van der Waals surface area contributed by atoms with E-state index in [1.165, 1.54) is 5.56 Å². The highest BCUT2D eigenvalue weighted by Crippen LogP contribution is 2.35. The Morgan fingerprint density at radius 1 is 1.12 bits per heavy atom. The van der Waals surface area contributed by atoms with Gasteiger partial charge >= 0.3 is 5.97 Å². The van der Waals surface area contributed by atoms with Crippen molar-refractivity contribution in [2.45, 2.75) is 32.1 Å². The van der Waals surface area contributed by atoms with E-state index < -0.39 is 11.4 Å². The summed E-state index contributed by atoms with van der Waals surface area (Å²) in [6, 6.07) is 10.0. The Balaban J connectivity index is 1.79. The summed E-state index contributed by atoms with van der Waals surface area (Å²) < 4.78 is 0. The Morgan fingerprint density at radius 3 is 2.38 bits per heavy atom. The number of amides is 1. The standard InChI is InChI=1S/C19H25NO4/c21-15-12-19(18(23)24)10-13-20(14-11-19)17(22)9-5-4-8-16-6-2-1-3-7-16/h1-7,21H,8-15H2,(H,23,24)/b5-4+. The van der Waals surface area contributed by atoms with Crippen LogP contribution in [0.2, 0.25) is 0 Å². The van der Waals surface area contributed by atoms with E-state index in [0.717, 1.165) is 6.42 Å². The van der Waals surface area contributed by atoms with Gasteiger partial charge in [0.25, 0.3) is 0 Å². The van der Waals surface area contributed by atoms with Crippen molar-refractivity contribution in [3.8, 4) is 0 Å². The first-order chi connectivity index (χ1) is 11.6. The number of carbonyl (C=O) groups is 2. The third kappa shape index (κ3) is 4.68. The van der Waals surface area contributed by atoms with E-state index in [-0.39, 0.29) is 18.9 Å². The summed E-state index contributed by atoms with van der Waals surface area (Å²) in [6.07, 6.45) is 6.07. The third-order valence-corrected chi connectivity index (χ3v) is 4.77. The van der Waals surface area contributed by atoms with Crippen LogP contribution in [0.1, 0.15) is 31.2 Å². The first-order valence-electron chi connectivity index (χ1n) is 8.38. The van der Waals surface area contributed by atoms with Crippen molar-refractivity contribution < 1.29 is 19.8 Å². The molecule has 0 saturated carbocycles. The maximum atomic E-state index is 12.2. The van der Waals surface area contributed by atoms with Crippen LogP contribution >= 0.6 is 0 Å². The smallest absolute Gasteiger partial charge is 0.309 e. The predicted molar refractivity (Wildman–Crippen MR) is 91.5 cm³/mol. The van der Waals surface area contributed by atoms with E-state index in [1.54, 1.807) is 4.90 Å². The van der Waals surface area contributed by atoms with E-state index in [9.17, 15) is 14.7 Å². The molecule has 24 heavy (non-hydrogen) atoms. The van der Waals surface area contributed by atoms with Crippen LogP contribution in [-0.2, 0) is 16.0 Å². The highest BCUT2D eigenvalue weighted by molar-refractivity contribution is 5.79. The largest absolute Gasteiger partial charge is 0.481 e. The average molecular weight is 331 g/mol. The number of nitrogens with zero attached hydrogens (tertiary/aromatic N) is 1. The van der Waals surface area contributed by atoms with Crippen LogP contribution in [-0.4, -0.2) is 46.7 Å². The van der Waals surface area contributed by atoms with Gasteiger partial charge < -0.3 is 15.1 Å². The van der Waals surface area contributed by atoms with Gasteiger partial charge in [0.2, 0.25) is 5.91 Å². The molecule has 1 heterocycles. The number of aliphatic hydroxyl groups excluding tert-OH is 1. The maximum absolute atomic E-state index is 12.2. The van der Waals surface area contributed by atoms with Gasteiger partial charge in [-0.25, -0.2) is 0 Å². The molecule has 1 fully saturated rings. The highest BCUT2D eigenvalue weighted by atomic mass is 16.4. The minimum Gasteiger partial charge on any atom is -0.481 e. The number of aliphatic carboxylic acids is 1. The molecule has 1 aromatic rings. The maximum Gasteiger partial charge on any atom is 0.309 e. The van der Waals surface area contributed by atoms with Crippen molar-refractivity contribution in [3.05, 3.63) is 48.0 Å². The van der Waals surface area contributed by atoms with Gasteiger partial charge in [-0.05, 0) is 31.2 Å². The van der Waals surface area contributed by atoms with Crippen molar-refractivity contribution in [3.63, 3.8) is 0 Å². The molecule has 1 aliphatic rings. The molecule has 5 heteroatoms. The second-order valence-corrected chi connectivity index (χ2v) is 6.31. The zero-order valence-corrected chi connectivity index (χ0v) is 13.9. The van der Waals surface area contributed by atoms with E-state index in [4.69, 9.17) is 5.11 Å². The van der Waals surface area contributed by atoms with Crippen LogP contribution in [0.5, 0.6) is 0 Å². The molecule has 1 amide bonds. The van der Waals surface area contributed by atoms with Crippen LogP contribution in [0.15, 0.2) is 42.5 Å². The molecule has 0 atom stereocenters. The summed E-state index contributed by atoms with van der Waals surface area (Å²) in [5, 5.41) is 18.5. The van der Waals surface area contributed by atoms with Gasteiger partial charge in [-0.2, -0.15) is 0 Å². The summed E-state index contributed by atoms with van der Waals surface area (Å²) >= 11 is 0. The number of carboxylic acid groups (broad SMARTS) is 1. The molecule has 5 nitrogen and oxygen atoms in total. The average Bonchev–Trinajstić information content (AvgIpc) is 2.60. The van der Waals surface area contributed by atoms with Gasteiger partial charge in [-0.1, -0.05) is 42.5 Å². The molecule has 2 N–H and O–H groups in total. The van der Waals surface area contributed by atoms with Gasteiger partial charge in [0.15, 0.2) is 0 Å². The first kappa shape index (κ1) is 18.2. The lowest BCUT2D eigenvalue weighted by atomic mass is 9.76. The minimum absolute atomic E-state index is 0.0299. The van der Waals surface area contributed by atoms with Crippen LogP contribution in [0.4, 0.5) is 0 Å². The summed E-state index contributed by atoms with van der Waals surface area (Å²) in [7, 11) is 0. The Labute approximate surface area is 142 Å². The second-order valence-electron chi connectivity index (χ2n) is 6.31. The second kappa shape index (κ2) is 8.64. The fourth-order valence-electron chi connectivity index (χ4n) is 3.12. The molecule has 0 radical (unpaired) electrons. The molecular formula is C19H25NO4. The van der Waals surface area contributed by atoms with Gasteiger partial charge in [-0.15, -0.1) is 0 Å². The van der Waals surface area contributed by atoms with E-state index >= 15 is 0 Å². The van der Waals surface area contributed by atoms with E-state index in [2.05, 4.69) is 0 Å². The van der Waals surface area contributed by atoms with Crippen molar-refractivity contribution >= 4 is 11.9 Å². The third-order valence-electron chi connectivity index (χ3n) is 4.77. The number of aliphatic hydroxyl groups is 1. The molecule has 2 rings (SSSR count). The highest BCUT2D eigenvalue weighted by Gasteiger charge is 2.41. The molecule has 1 aromatic carbocycles. The van der Waals surface area contributed by atoms with Crippen molar-refractivity contribution in [1.82, 2.24) is 4.90 Å². The number of hydrogen-bond acceptors (Lipinski definition) is 3. The van der Waals surface area contributed by atoms with Crippen molar-refractivity contribution in [1.29, 1.82) is 0 Å². The quantitative estimate of drug-likeness (QED) is 0.751. The SMILES string of the molecule is O=C(C/C=C/Cc1ccccc1)N1CCC(CCO)(C(=O)O)CC1. The molecule has 0 unspecified atom stereocenters. The van der Waals surface area contributed by atoms with Crippen LogP contribution in [0.25, 0.3) is 0 Å². The monoisotopic (exact) mass is 331 g/mol. The number of rotatable bonds is 7. The Morgan fingerprint density at radius 2 is 1.79 bits per heavy atom. The molecular weight excluding hydrogens is 306 g/mol. The lowest BCUT2D eigenvalue weighted by Gasteiger charge is -2.38. The number of carbonyl (C=O) groups excluding carboxylic acids is 1. The number of carboxylic acids is 1. The number of piperidine rings is 1. The zero-order chi connectivity index (χ0) is 17.4. The Kier molecular flexibility index (Phi) is 6.55. The molecule has 0 aliphatic carbocycles. The molecule has 1 aliphatic heterocycles. The number of allylic oxidation sites excluding steroid dienone is 1. The summed E-state index contributed by atoms with van der Waals surface area (Å²) in [5.74, 6) is -0.839. The lowest BCUT2D eigenvalue weighted by molar-refractivity contribution is -0.155. The van der Waals surface area contributed by atoms with Gasteiger partial charge in [0, 0.05) is 26.1 Å². The van der Waals surface area contributed by atoms with Crippen LogP contribution in [0, 0.1) is 5.41 Å². The van der Waals surface area contributed by atoms with E-state index in [0.29, 0.717) is 32.4 Å². The number of benzene rings is 1. The molecule has 1 saturated heterocycles. The molecule has 0 bridgehead atoms. The Hall–Kier alpha value is -2.14. The van der Waals surface area contributed by atoms with Gasteiger partial charge in [0.05, 0.1) is 5.41 Å². The van der Waals surface area contributed by atoms with Crippen LogP contribution < -0.4 is 0 Å². The van der Waals surface area contributed by atoms with Gasteiger partial charge in [-0.3, -0.25) is 9.59 Å². The molecule has 0 spiro atoms. The minimum atomic E-state index is -0.880. The topological polar surface area (TPSA) is 77.8 Å². The van der Waals surface area contributed by atoms with E-state index in [1.807, 2.05) is 42.5 Å². The fourth-order valence-corrected chi connectivity index (χ4v) is 3.12. The summed E-state index contributed by atoms with van der Waals surface area (Å²) in [5.41, 5.74) is 0.323. The van der Waals surface area contributed by atoms with Crippen LogP contribution in [0.3, 0.4) is 0 Å². The fraction of sp³-hybridized carbons (Fsp3) is 0.474. The summed E-state index contributed by atoms with van der Waals surface area (Å²) in [4.78, 5) is 25.4. The van der Waals surface area contributed by atoms with Crippen molar-refractivity contribution in [2.24, 2.45) is 5.41 Å². The first-order valence-corrected chi connectivity index (χ1v) is 8.38. The number of likely N-dealkylation sites (tertiary alicyclic amines) is 1. The lowest BCUT2D eigenvalue weighted by Crippen LogP contribution is -2.46. The molecule has 0 aromatic heterocycles. The zero-order valence-electron chi connectivity index (χ0n) is 13.9. The molecule has 130 valence electrons. The van der Waals surface area contributed by atoms with Crippen molar-refractivity contribution in [2.75, 3.05) is 19.7 Å². The summed E-state index contributed by atoms with van der Waals surface area (Å²) in [6.45, 7) is 0.748. The van der Waals surface area contributed by atoms with Gasteiger partial charge in [0.1, 0.15) is 0 Å².